The number of nitrogens with zero attached hydrogens (tertiary/aromatic N) is 2. The lowest BCUT2D eigenvalue weighted by Gasteiger charge is -2.42. The van der Waals surface area contributed by atoms with Crippen molar-refractivity contribution in [2.75, 3.05) is 26.3 Å². The van der Waals surface area contributed by atoms with Crippen molar-refractivity contribution in [3.05, 3.63) is 25.3 Å². The summed E-state index contributed by atoms with van der Waals surface area (Å²) < 4.78 is 12.1. The van der Waals surface area contributed by atoms with Gasteiger partial charge in [-0.3, -0.25) is 14.4 Å². The van der Waals surface area contributed by atoms with Crippen LogP contribution in [0.25, 0.3) is 0 Å². The fourth-order valence-corrected chi connectivity index (χ4v) is 6.04. The Morgan fingerprint density at radius 2 is 2.00 bits per heavy atom. The predicted octanol–water partition coefficient (Wildman–Crippen LogP) is 2.07. The molecule has 8 nitrogen and oxygen atoms in total. The quantitative estimate of drug-likeness (QED) is 0.394. The van der Waals surface area contributed by atoms with Gasteiger partial charge in [0.15, 0.2) is 0 Å². The maximum Gasteiger partial charge on any atom is 0.313 e. The first-order chi connectivity index (χ1) is 15.5. The van der Waals surface area contributed by atoms with Crippen LogP contribution < -0.4 is 0 Å². The van der Waals surface area contributed by atoms with E-state index in [9.17, 15) is 19.5 Å². The summed E-state index contributed by atoms with van der Waals surface area (Å²) in [6.07, 6.45) is 5.13. The van der Waals surface area contributed by atoms with E-state index in [1.165, 1.54) is 11.0 Å². The van der Waals surface area contributed by atoms with Gasteiger partial charge < -0.3 is 24.4 Å². The number of esters is 1. The van der Waals surface area contributed by atoms with E-state index in [1.54, 1.807) is 11.0 Å². The minimum Gasteiger partial charge on any atom is -0.461 e. The van der Waals surface area contributed by atoms with Crippen molar-refractivity contribution in [3.63, 3.8) is 0 Å². The van der Waals surface area contributed by atoms with E-state index in [0.29, 0.717) is 32.2 Å². The van der Waals surface area contributed by atoms with E-state index in [2.05, 4.69) is 13.2 Å². The third-order valence-corrected chi connectivity index (χ3v) is 7.46. The number of ether oxygens (including phenoxy) is 2. The molecule has 5 atom stereocenters. The number of amides is 2. The van der Waals surface area contributed by atoms with Crippen molar-refractivity contribution in [3.8, 4) is 0 Å². The molecule has 3 heterocycles. The Balaban J connectivity index is 2.10. The molecule has 1 spiro atoms. The van der Waals surface area contributed by atoms with Crippen LogP contribution in [0.4, 0.5) is 0 Å². The van der Waals surface area contributed by atoms with Crippen LogP contribution in [-0.4, -0.2) is 81.8 Å². The average Bonchev–Trinajstić information content (AvgIpc) is 3.36. The van der Waals surface area contributed by atoms with Gasteiger partial charge in [-0.25, -0.2) is 0 Å². The lowest BCUT2D eigenvalue weighted by atomic mass is 9.65. The molecule has 2 bridgehead atoms. The first-order valence-electron chi connectivity index (χ1n) is 11.9. The second-order valence-electron chi connectivity index (χ2n) is 10.3. The first kappa shape index (κ1) is 25.4. The van der Waals surface area contributed by atoms with Gasteiger partial charge in [-0.15, -0.1) is 6.58 Å². The Kier molecular flexibility index (Phi) is 7.10. The SMILES string of the molecule is C=CCOC(=O)[C@H]1[C@H]2C(=O)N(CCCO)C(C(=O)N(CC=C)C(C)(C)C)C23CC[C@]1(CC)O3. The van der Waals surface area contributed by atoms with Crippen LogP contribution >= 0.6 is 0 Å². The van der Waals surface area contributed by atoms with Crippen molar-refractivity contribution in [1.82, 2.24) is 9.80 Å². The number of rotatable bonds is 10. The number of carbonyl (C=O) groups is 3. The van der Waals surface area contributed by atoms with Crippen LogP contribution in [0, 0.1) is 11.8 Å². The molecule has 1 N–H and O–H groups in total. The van der Waals surface area contributed by atoms with Gasteiger partial charge in [-0.1, -0.05) is 25.7 Å². The van der Waals surface area contributed by atoms with E-state index >= 15 is 0 Å². The monoisotopic (exact) mass is 462 g/mol. The summed E-state index contributed by atoms with van der Waals surface area (Å²) in [6, 6.07) is -0.869. The zero-order valence-electron chi connectivity index (χ0n) is 20.3. The molecular weight excluding hydrogens is 424 g/mol. The van der Waals surface area contributed by atoms with E-state index < -0.39 is 40.6 Å². The molecule has 0 aliphatic carbocycles. The van der Waals surface area contributed by atoms with Gasteiger partial charge in [0, 0.05) is 25.2 Å². The lowest BCUT2D eigenvalue weighted by Crippen LogP contribution is -2.60. The average molecular weight is 463 g/mol. The number of hydrogen-bond acceptors (Lipinski definition) is 6. The highest BCUT2D eigenvalue weighted by Crippen LogP contribution is 2.64. The first-order valence-corrected chi connectivity index (χ1v) is 11.9. The van der Waals surface area contributed by atoms with Crippen molar-refractivity contribution >= 4 is 17.8 Å². The zero-order chi connectivity index (χ0) is 24.6. The molecule has 0 aromatic rings. The molecule has 2 amide bonds. The van der Waals surface area contributed by atoms with E-state index in [1.807, 2.05) is 27.7 Å². The largest absolute Gasteiger partial charge is 0.461 e. The Morgan fingerprint density at radius 3 is 2.55 bits per heavy atom. The van der Waals surface area contributed by atoms with Gasteiger partial charge in [0.2, 0.25) is 11.8 Å². The highest BCUT2D eigenvalue weighted by atomic mass is 16.6. The molecule has 0 aromatic heterocycles. The standard InChI is InChI=1S/C25H38N2O6/c1-7-13-27(23(4,5)6)21(30)19-25-12-11-24(9-3,33-25)18(22(31)32-16-8-2)17(25)20(29)26(19)14-10-15-28/h7-8,17-19,28H,1-2,9-16H2,3-6H3/t17-,18+,19?,24-,25?/m0/s1. The van der Waals surface area contributed by atoms with Gasteiger partial charge >= 0.3 is 5.97 Å². The number of hydrogen-bond donors (Lipinski definition) is 1. The highest BCUT2D eigenvalue weighted by Gasteiger charge is 2.79. The van der Waals surface area contributed by atoms with Gasteiger partial charge in [0.05, 0.1) is 11.5 Å². The number of likely N-dealkylation sites (tertiary alicyclic amines) is 1. The summed E-state index contributed by atoms with van der Waals surface area (Å²) in [5.41, 5.74) is -2.43. The molecule has 2 unspecified atom stereocenters. The highest BCUT2D eigenvalue weighted by molar-refractivity contribution is 5.98. The molecule has 3 rings (SSSR count). The molecule has 3 aliphatic heterocycles. The Bertz CT molecular complexity index is 820. The zero-order valence-corrected chi connectivity index (χ0v) is 20.3. The molecule has 33 heavy (non-hydrogen) atoms. The van der Waals surface area contributed by atoms with E-state index in [4.69, 9.17) is 9.47 Å². The molecule has 3 fully saturated rings. The minimum atomic E-state index is -1.10. The van der Waals surface area contributed by atoms with E-state index in [0.717, 1.165) is 0 Å². The summed E-state index contributed by atoms with van der Waals surface area (Å²) in [6.45, 7) is 15.6. The second-order valence-corrected chi connectivity index (χ2v) is 10.3. The van der Waals surface area contributed by atoms with Crippen LogP contribution in [0.2, 0.25) is 0 Å². The molecule has 184 valence electrons. The Morgan fingerprint density at radius 1 is 1.30 bits per heavy atom. The summed E-state index contributed by atoms with van der Waals surface area (Å²) >= 11 is 0. The maximum atomic E-state index is 14.1. The van der Waals surface area contributed by atoms with Gasteiger partial charge in [-0.2, -0.15) is 0 Å². The summed E-state index contributed by atoms with van der Waals surface area (Å²) in [7, 11) is 0. The van der Waals surface area contributed by atoms with Crippen LogP contribution in [0.15, 0.2) is 25.3 Å². The summed E-state index contributed by atoms with van der Waals surface area (Å²) in [4.78, 5) is 44.3. The van der Waals surface area contributed by atoms with Crippen LogP contribution in [-0.2, 0) is 23.9 Å². The fourth-order valence-electron chi connectivity index (χ4n) is 6.04. The summed E-state index contributed by atoms with van der Waals surface area (Å²) in [5.74, 6) is -2.54. The molecule has 8 heteroatoms. The number of aliphatic hydroxyl groups excluding tert-OH is 1. The molecule has 0 radical (unpaired) electrons. The second kappa shape index (κ2) is 9.22. The maximum absolute atomic E-state index is 14.1. The Hall–Kier alpha value is -2.19. The van der Waals surface area contributed by atoms with E-state index in [-0.39, 0.29) is 31.6 Å². The minimum absolute atomic E-state index is 0.0523. The number of carbonyl (C=O) groups excluding carboxylic acids is 3. The van der Waals surface area contributed by atoms with Crippen molar-refractivity contribution in [2.24, 2.45) is 11.8 Å². The normalized spacial score (nSPS) is 32.6. The van der Waals surface area contributed by atoms with Crippen molar-refractivity contribution < 1.29 is 29.0 Å². The van der Waals surface area contributed by atoms with Crippen LogP contribution in [0.1, 0.15) is 53.4 Å². The van der Waals surface area contributed by atoms with Crippen LogP contribution in [0.3, 0.4) is 0 Å². The van der Waals surface area contributed by atoms with Gasteiger partial charge in [0.1, 0.15) is 24.2 Å². The number of aliphatic hydroxyl groups is 1. The third kappa shape index (κ3) is 3.91. The van der Waals surface area contributed by atoms with Gasteiger partial charge in [0.25, 0.3) is 0 Å². The van der Waals surface area contributed by atoms with Crippen molar-refractivity contribution in [1.29, 1.82) is 0 Å². The smallest absolute Gasteiger partial charge is 0.313 e. The molecular formula is C25H38N2O6. The summed E-state index contributed by atoms with van der Waals surface area (Å²) in [5, 5.41) is 9.45. The predicted molar refractivity (Wildman–Crippen MR) is 123 cm³/mol. The number of fused-ring (bicyclic) bond motifs is 1. The van der Waals surface area contributed by atoms with Crippen molar-refractivity contribution in [2.45, 2.75) is 76.2 Å². The topological polar surface area (TPSA) is 96.4 Å². The Labute approximate surface area is 196 Å². The fraction of sp³-hybridized carbons (Fsp3) is 0.720. The molecule has 3 saturated heterocycles. The molecule has 0 aromatic carbocycles. The van der Waals surface area contributed by atoms with Crippen LogP contribution in [0.5, 0.6) is 0 Å². The third-order valence-electron chi connectivity index (χ3n) is 7.46. The molecule has 0 saturated carbocycles. The molecule has 3 aliphatic rings. The van der Waals surface area contributed by atoms with Gasteiger partial charge in [-0.05, 0) is 46.5 Å². The lowest BCUT2D eigenvalue weighted by molar-refractivity contribution is -0.162.